The van der Waals surface area contributed by atoms with Crippen molar-refractivity contribution in [2.45, 2.75) is 105 Å². The number of aromatic nitrogens is 3. The first-order valence-electron chi connectivity index (χ1n) is 22.9. The van der Waals surface area contributed by atoms with Crippen LogP contribution in [0.2, 0.25) is 0 Å². The summed E-state index contributed by atoms with van der Waals surface area (Å²) in [6.07, 6.45) is 2.36. The maximum atomic E-state index is 15.0. The summed E-state index contributed by atoms with van der Waals surface area (Å²) in [6.45, 7) is 20.0. The third-order valence-electron chi connectivity index (χ3n) is 14.0. The highest BCUT2D eigenvalue weighted by molar-refractivity contribution is 7.10. The molecule has 0 radical (unpaired) electrons. The first kappa shape index (κ1) is 45.3. The Morgan fingerprint density at radius 2 is 1.86 bits per heavy atom. The van der Waals surface area contributed by atoms with Crippen molar-refractivity contribution in [1.82, 2.24) is 40.1 Å². The van der Waals surface area contributed by atoms with Crippen LogP contribution in [0.25, 0.3) is 33.4 Å². The van der Waals surface area contributed by atoms with Crippen molar-refractivity contribution in [3.05, 3.63) is 58.2 Å². The Bertz CT molecular complexity index is 2290. The highest BCUT2D eigenvalue weighted by atomic mass is 32.1. The number of likely N-dealkylation sites (N-methyl/N-ethyl adjacent to an activating group) is 1. The number of methoxy groups -OCH3 is 1. The molecule has 15 heteroatoms. The summed E-state index contributed by atoms with van der Waals surface area (Å²) in [7, 11) is 3.84. The third-order valence-corrected chi connectivity index (χ3v) is 15.0. The van der Waals surface area contributed by atoms with Crippen LogP contribution >= 0.6 is 11.3 Å². The molecule has 14 nitrogen and oxygen atoms in total. The quantitative estimate of drug-likeness (QED) is 0.175. The number of nitrogens with zero attached hydrogens (tertiary/aromatic N) is 6. The monoisotopic (exact) mass is 882 g/mol. The van der Waals surface area contributed by atoms with Crippen LogP contribution in [-0.4, -0.2) is 125 Å². The second kappa shape index (κ2) is 18.7. The fourth-order valence-corrected chi connectivity index (χ4v) is 10.7. The number of cyclic esters (lactones) is 1. The molecular weight excluding hydrogens is 817 g/mol. The molecule has 3 aromatic heterocycles. The highest BCUT2D eigenvalue weighted by Gasteiger charge is 2.50. The number of hydrogen-bond donors (Lipinski definition) is 2. The lowest BCUT2D eigenvalue weighted by Crippen LogP contribution is -2.61. The summed E-state index contributed by atoms with van der Waals surface area (Å²) < 4.78 is 21.3. The summed E-state index contributed by atoms with van der Waals surface area (Å²) >= 11 is 1.44. The van der Waals surface area contributed by atoms with Gasteiger partial charge in [-0.25, -0.2) is 10.4 Å². The van der Waals surface area contributed by atoms with Gasteiger partial charge in [-0.05, 0) is 88.7 Å². The predicted octanol–water partition coefficient (Wildman–Crippen LogP) is 6.26. The van der Waals surface area contributed by atoms with Gasteiger partial charge in [-0.3, -0.25) is 29.3 Å². The number of carbonyl (C=O) groups is 3. The summed E-state index contributed by atoms with van der Waals surface area (Å²) in [5.74, 6) is -0.749. The topological polar surface area (TPSA) is 143 Å². The van der Waals surface area contributed by atoms with E-state index in [9.17, 15) is 14.4 Å². The standard InChI is InChI=1S/C48H66N8O6S/c1-10-55-38-16-15-32-23-34(38)35(42(55)33-13-11-17-49-40(33)31(5)60-9)24-48(6,7)27-62-47(59)36-14-12-18-56(52-36)46(58)41(51-44(57)39-29(3)30(39)4)43(45-50-37(32)26-63-45)61-25-28(2)54-21-19-53(8)20-22-54/h11,13,15-17,23,26,28-31,36,39,41,43,52H,10,12,14,18-22,24-25,27H2,1-9H3,(H,51,57)/t28-,29-,30+,31+,36+,39?,41+,43?/m1/s1. The molecule has 1 aromatic carbocycles. The van der Waals surface area contributed by atoms with E-state index in [4.69, 9.17) is 24.2 Å². The van der Waals surface area contributed by atoms with E-state index < -0.39 is 29.6 Å². The maximum absolute atomic E-state index is 15.0. The molecule has 2 amide bonds. The van der Waals surface area contributed by atoms with E-state index in [1.165, 1.54) is 16.3 Å². The Morgan fingerprint density at radius 3 is 2.57 bits per heavy atom. The van der Waals surface area contributed by atoms with Crippen LogP contribution in [0.5, 0.6) is 0 Å². The number of hydrazine groups is 1. The van der Waals surface area contributed by atoms with Crippen molar-refractivity contribution in [1.29, 1.82) is 0 Å². The average molecular weight is 883 g/mol. The number of thiazole rings is 1. The number of aryl methyl sites for hydroxylation is 1. The number of ether oxygens (including phenoxy) is 3. The number of piperazine rings is 1. The predicted molar refractivity (Wildman–Crippen MR) is 245 cm³/mol. The molecule has 6 bridgehead atoms. The number of nitrogens with one attached hydrogen (secondary N) is 2. The molecule has 0 spiro atoms. The number of pyridine rings is 1. The van der Waals surface area contributed by atoms with Crippen molar-refractivity contribution >= 4 is 40.0 Å². The minimum absolute atomic E-state index is 0.0578. The van der Waals surface area contributed by atoms with Crippen LogP contribution in [-0.2, 0) is 41.6 Å². The van der Waals surface area contributed by atoms with Gasteiger partial charge in [0.05, 0.1) is 36.4 Å². The summed E-state index contributed by atoms with van der Waals surface area (Å²) in [5.41, 5.74) is 9.54. The van der Waals surface area contributed by atoms with E-state index in [-0.39, 0.29) is 48.3 Å². The van der Waals surface area contributed by atoms with Crippen molar-refractivity contribution in [2.24, 2.45) is 23.2 Å². The van der Waals surface area contributed by atoms with Gasteiger partial charge in [-0.1, -0.05) is 33.8 Å². The van der Waals surface area contributed by atoms with Crippen molar-refractivity contribution in [2.75, 3.05) is 60.1 Å². The van der Waals surface area contributed by atoms with Crippen LogP contribution in [0.15, 0.2) is 41.9 Å². The molecule has 63 heavy (non-hydrogen) atoms. The van der Waals surface area contributed by atoms with Crippen LogP contribution in [0.1, 0.15) is 89.8 Å². The lowest BCUT2D eigenvalue weighted by molar-refractivity contribution is -0.157. The fraction of sp³-hybridized carbons (Fsp3) is 0.604. The summed E-state index contributed by atoms with van der Waals surface area (Å²) in [5, 5.41) is 8.38. The molecule has 4 aliphatic rings. The largest absolute Gasteiger partial charge is 0.464 e. The Balaban J connectivity index is 1.26. The molecule has 6 heterocycles. The number of hydrogen-bond acceptors (Lipinski definition) is 12. The molecule has 3 aliphatic heterocycles. The molecule has 1 aliphatic carbocycles. The molecule has 340 valence electrons. The molecule has 2 N–H and O–H groups in total. The number of benzene rings is 1. The average Bonchev–Trinajstić information content (AvgIpc) is 3.56. The molecule has 4 aromatic rings. The van der Waals surface area contributed by atoms with Crippen molar-refractivity contribution < 1.29 is 28.6 Å². The number of amides is 2. The van der Waals surface area contributed by atoms with Crippen LogP contribution in [0, 0.1) is 23.2 Å². The normalized spacial score (nSPS) is 26.8. The number of esters is 1. The van der Waals surface area contributed by atoms with Gasteiger partial charge in [0, 0.05) is 97.4 Å². The third kappa shape index (κ3) is 9.32. The number of rotatable bonds is 10. The van der Waals surface area contributed by atoms with Gasteiger partial charge in [-0.2, -0.15) is 0 Å². The summed E-state index contributed by atoms with van der Waals surface area (Å²) in [6, 6.07) is 8.79. The van der Waals surface area contributed by atoms with E-state index in [1.807, 2.05) is 24.6 Å². The highest BCUT2D eigenvalue weighted by Crippen LogP contribution is 2.46. The van der Waals surface area contributed by atoms with Gasteiger partial charge in [0.15, 0.2) is 0 Å². The van der Waals surface area contributed by atoms with E-state index in [2.05, 4.69) is 98.0 Å². The van der Waals surface area contributed by atoms with E-state index in [1.54, 1.807) is 7.11 Å². The second-order valence-electron chi connectivity index (χ2n) is 19.1. The number of fused-ring (bicyclic) bond motifs is 6. The Morgan fingerprint density at radius 1 is 1.10 bits per heavy atom. The van der Waals surface area contributed by atoms with Gasteiger partial charge < -0.3 is 29.0 Å². The first-order valence-corrected chi connectivity index (χ1v) is 23.7. The zero-order chi connectivity index (χ0) is 44.7. The smallest absolute Gasteiger partial charge is 0.324 e. The lowest BCUT2D eigenvalue weighted by Gasteiger charge is -2.38. The molecule has 2 saturated heterocycles. The minimum atomic E-state index is -1.10. The molecular formula is C48H66N8O6S. The van der Waals surface area contributed by atoms with Crippen LogP contribution < -0.4 is 10.7 Å². The Hall–Kier alpha value is -4.25. The molecule has 8 rings (SSSR count). The van der Waals surface area contributed by atoms with Gasteiger partial charge in [0.1, 0.15) is 23.2 Å². The van der Waals surface area contributed by atoms with E-state index in [0.717, 1.165) is 70.9 Å². The van der Waals surface area contributed by atoms with Gasteiger partial charge in [-0.15, -0.1) is 11.3 Å². The van der Waals surface area contributed by atoms with Gasteiger partial charge in [0.2, 0.25) is 5.91 Å². The van der Waals surface area contributed by atoms with E-state index >= 15 is 0 Å². The number of carbonyl (C=O) groups excluding carboxylic acids is 3. The fourth-order valence-electron chi connectivity index (χ4n) is 9.76. The van der Waals surface area contributed by atoms with Crippen LogP contribution in [0.4, 0.5) is 0 Å². The van der Waals surface area contributed by atoms with Crippen molar-refractivity contribution in [3.63, 3.8) is 0 Å². The van der Waals surface area contributed by atoms with Crippen molar-refractivity contribution in [3.8, 4) is 22.5 Å². The first-order chi connectivity index (χ1) is 30.2. The SMILES string of the molecule is CCn1c(-c2cccnc2[C@H](C)OC)c2c3cc(ccc31)-c1csc(n1)C(OC[C@@H](C)N1CCN(C)CC1)[C@H](NC(=O)C1[C@@H](C)[C@H]1C)C(=O)N1CCC[C@H](N1)C(=O)OCC(C)(C)C2. The zero-order valence-corrected chi connectivity index (χ0v) is 39.3. The van der Waals surface area contributed by atoms with Gasteiger partial charge >= 0.3 is 5.97 Å². The minimum Gasteiger partial charge on any atom is -0.464 e. The molecule has 3 fully saturated rings. The Labute approximate surface area is 376 Å². The molecule has 1 saturated carbocycles. The van der Waals surface area contributed by atoms with E-state index in [0.29, 0.717) is 44.0 Å². The second-order valence-corrected chi connectivity index (χ2v) is 20.0. The maximum Gasteiger partial charge on any atom is 0.324 e. The Kier molecular flexibility index (Phi) is 13.4. The zero-order valence-electron chi connectivity index (χ0n) is 38.5. The summed E-state index contributed by atoms with van der Waals surface area (Å²) in [4.78, 5) is 57.9. The molecule has 8 atom stereocenters. The van der Waals surface area contributed by atoms with Gasteiger partial charge in [0.25, 0.3) is 5.91 Å². The lowest BCUT2D eigenvalue weighted by atomic mass is 9.84. The molecule has 2 unspecified atom stereocenters. The van der Waals surface area contributed by atoms with Crippen LogP contribution in [0.3, 0.4) is 0 Å².